The Morgan fingerprint density at radius 1 is 0.556 bits per heavy atom. The Bertz CT molecular complexity index is 802. The lowest BCUT2D eigenvalue weighted by atomic mass is 10.0. The van der Waals surface area contributed by atoms with Crippen LogP contribution in [-0.2, 0) is 19.1 Å². The molecule has 0 bridgehead atoms. The summed E-state index contributed by atoms with van der Waals surface area (Å²) in [4.78, 5) is 23.8. The minimum Gasteiger partial charge on any atom is -0.463 e. The van der Waals surface area contributed by atoms with Gasteiger partial charge in [-0.05, 0) is 38.5 Å². The standard InChI is InChI=1S/C38H66O7/c1-3-5-7-9-11-12-13-14-15-16-18-24-30-37(42)44-32-36(41)33-45-38(43)31-25-29-35(40)28-23-20-19-22-27-34(39)26-21-17-10-8-6-4-2/h17,19-23,27-28,34-36,39-41H,3-16,18,24-26,29-33H2,1-2H3/b20-19+,21-17-,27-22+,28-23-/t34-,35-,36+/m1/s1. The van der Waals surface area contributed by atoms with Gasteiger partial charge in [-0.15, -0.1) is 0 Å². The molecular weight excluding hydrogens is 568 g/mol. The van der Waals surface area contributed by atoms with Crippen molar-refractivity contribution in [3.8, 4) is 0 Å². The molecule has 260 valence electrons. The van der Waals surface area contributed by atoms with Crippen molar-refractivity contribution in [2.45, 2.75) is 167 Å². The largest absolute Gasteiger partial charge is 0.463 e. The lowest BCUT2D eigenvalue weighted by Crippen LogP contribution is -2.25. The van der Waals surface area contributed by atoms with Crippen molar-refractivity contribution < 1.29 is 34.4 Å². The van der Waals surface area contributed by atoms with E-state index in [1.54, 1.807) is 36.5 Å². The minimum atomic E-state index is -1.05. The first-order valence-corrected chi connectivity index (χ1v) is 17.9. The van der Waals surface area contributed by atoms with Gasteiger partial charge in [0.2, 0.25) is 0 Å². The van der Waals surface area contributed by atoms with Crippen molar-refractivity contribution in [3.05, 3.63) is 48.6 Å². The number of unbranched alkanes of at least 4 members (excludes halogenated alkanes) is 14. The van der Waals surface area contributed by atoms with Crippen molar-refractivity contribution in [2.75, 3.05) is 13.2 Å². The fourth-order valence-corrected chi connectivity index (χ4v) is 4.69. The van der Waals surface area contributed by atoms with Crippen LogP contribution in [0.5, 0.6) is 0 Å². The molecule has 0 rings (SSSR count). The molecular formula is C38H66O7. The predicted molar refractivity (Wildman–Crippen MR) is 185 cm³/mol. The maximum atomic E-state index is 11.9. The van der Waals surface area contributed by atoms with Crippen LogP contribution < -0.4 is 0 Å². The van der Waals surface area contributed by atoms with E-state index in [0.717, 1.165) is 25.7 Å². The summed E-state index contributed by atoms with van der Waals surface area (Å²) in [6.07, 6.45) is 33.7. The van der Waals surface area contributed by atoms with Crippen LogP contribution in [0.15, 0.2) is 48.6 Å². The smallest absolute Gasteiger partial charge is 0.305 e. The Morgan fingerprint density at radius 3 is 1.58 bits per heavy atom. The summed E-state index contributed by atoms with van der Waals surface area (Å²) in [7, 11) is 0. The highest BCUT2D eigenvalue weighted by Gasteiger charge is 2.12. The molecule has 3 N–H and O–H groups in total. The van der Waals surface area contributed by atoms with Gasteiger partial charge >= 0.3 is 11.9 Å². The summed E-state index contributed by atoms with van der Waals surface area (Å²) >= 11 is 0. The van der Waals surface area contributed by atoms with E-state index in [2.05, 4.69) is 19.9 Å². The fourth-order valence-electron chi connectivity index (χ4n) is 4.69. The zero-order chi connectivity index (χ0) is 33.2. The second kappa shape index (κ2) is 33.2. The van der Waals surface area contributed by atoms with Crippen molar-refractivity contribution in [2.24, 2.45) is 0 Å². The molecule has 0 radical (unpaired) electrons. The molecule has 0 aromatic heterocycles. The molecule has 0 heterocycles. The van der Waals surface area contributed by atoms with E-state index < -0.39 is 24.3 Å². The summed E-state index contributed by atoms with van der Waals surface area (Å²) in [5.41, 5.74) is 0. The third-order valence-electron chi connectivity index (χ3n) is 7.51. The first-order valence-electron chi connectivity index (χ1n) is 17.9. The van der Waals surface area contributed by atoms with E-state index in [0.29, 0.717) is 25.7 Å². The first-order chi connectivity index (χ1) is 21.9. The average Bonchev–Trinajstić information content (AvgIpc) is 3.02. The molecule has 0 fully saturated rings. The van der Waals surface area contributed by atoms with Gasteiger partial charge in [0.05, 0.1) is 12.2 Å². The zero-order valence-corrected chi connectivity index (χ0v) is 28.6. The molecule has 0 saturated carbocycles. The molecule has 0 aromatic carbocycles. The van der Waals surface area contributed by atoms with E-state index in [1.807, 2.05) is 6.08 Å². The molecule has 0 saturated heterocycles. The van der Waals surface area contributed by atoms with Crippen LogP contribution in [0.1, 0.15) is 149 Å². The lowest BCUT2D eigenvalue weighted by Gasteiger charge is -2.12. The van der Waals surface area contributed by atoms with Crippen LogP contribution in [0, 0.1) is 0 Å². The Morgan fingerprint density at radius 2 is 1.02 bits per heavy atom. The Hall–Kier alpha value is -2.22. The monoisotopic (exact) mass is 634 g/mol. The number of hydrogen-bond acceptors (Lipinski definition) is 7. The topological polar surface area (TPSA) is 113 Å². The third-order valence-corrected chi connectivity index (χ3v) is 7.51. The average molecular weight is 635 g/mol. The van der Waals surface area contributed by atoms with Crippen LogP contribution in [0.3, 0.4) is 0 Å². The van der Waals surface area contributed by atoms with Crippen LogP contribution in [0.4, 0.5) is 0 Å². The van der Waals surface area contributed by atoms with Crippen molar-refractivity contribution in [1.29, 1.82) is 0 Å². The SMILES string of the molecule is CCCCC/C=C\C[C@@H](O)/C=C/C=C/C=C\[C@@H](O)CCCC(=O)OC[C@@H](O)COC(=O)CCCCCCCCCCCCCC. The number of ether oxygens (including phenoxy) is 2. The molecule has 0 aliphatic carbocycles. The number of allylic oxidation sites excluding steroid dienone is 5. The van der Waals surface area contributed by atoms with Crippen LogP contribution in [-0.4, -0.2) is 58.8 Å². The van der Waals surface area contributed by atoms with Crippen molar-refractivity contribution in [3.63, 3.8) is 0 Å². The van der Waals surface area contributed by atoms with Gasteiger partial charge in [-0.1, -0.05) is 146 Å². The Labute approximate surface area is 274 Å². The highest BCUT2D eigenvalue weighted by Crippen LogP contribution is 2.13. The van der Waals surface area contributed by atoms with E-state index in [4.69, 9.17) is 9.47 Å². The molecule has 3 atom stereocenters. The second-order valence-electron chi connectivity index (χ2n) is 12.0. The molecule has 45 heavy (non-hydrogen) atoms. The Balaban J connectivity index is 3.75. The number of esters is 2. The van der Waals surface area contributed by atoms with E-state index >= 15 is 0 Å². The molecule has 0 aliphatic rings. The molecule has 7 nitrogen and oxygen atoms in total. The van der Waals surface area contributed by atoms with Gasteiger partial charge in [-0.3, -0.25) is 9.59 Å². The van der Waals surface area contributed by atoms with E-state index in [-0.39, 0.29) is 25.6 Å². The van der Waals surface area contributed by atoms with Gasteiger partial charge < -0.3 is 24.8 Å². The maximum Gasteiger partial charge on any atom is 0.305 e. The third kappa shape index (κ3) is 33.0. The minimum absolute atomic E-state index is 0.125. The fraction of sp³-hybridized carbons (Fsp3) is 0.737. The predicted octanol–water partition coefficient (Wildman–Crippen LogP) is 8.61. The number of carbonyl (C=O) groups excluding carboxylic acids is 2. The number of aliphatic hydroxyl groups is 3. The van der Waals surface area contributed by atoms with Gasteiger partial charge in [0.1, 0.15) is 19.3 Å². The second-order valence-corrected chi connectivity index (χ2v) is 12.0. The first kappa shape index (κ1) is 42.8. The number of aliphatic hydroxyl groups excluding tert-OH is 3. The Kier molecular flexibility index (Phi) is 31.5. The number of hydrogen-bond donors (Lipinski definition) is 3. The summed E-state index contributed by atoms with van der Waals surface area (Å²) in [5, 5.41) is 30.0. The summed E-state index contributed by atoms with van der Waals surface area (Å²) in [5.74, 6) is -0.800. The molecule has 0 aromatic rings. The maximum absolute atomic E-state index is 11.9. The zero-order valence-electron chi connectivity index (χ0n) is 28.6. The van der Waals surface area contributed by atoms with E-state index in [1.165, 1.54) is 77.0 Å². The van der Waals surface area contributed by atoms with Gasteiger partial charge in [0, 0.05) is 12.8 Å². The molecule has 0 aliphatic heterocycles. The van der Waals surface area contributed by atoms with Gasteiger partial charge in [0.25, 0.3) is 0 Å². The van der Waals surface area contributed by atoms with Crippen LogP contribution >= 0.6 is 0 Å². The van der Waals surface area contributed by atoms with Crippen LogP contribution in [0.25, 0.3) is 0 Å². The normalized spacial score (nSPS) is 14.2. The number of rotatable bonds is 31. The highest BCUT2D eigenvalue weighted by atomic mass is 16.6. The highest BCUT2D eigenvalue weighted by molar-refractivity contribution is 5.69. The summed E-state index contributed by atoms with van der Waals surface area (Å²) < 4.78 is 10.2. The summed E-state index contributed by atoms with van der Waals surface area (Å²) in [6, 6.07) is 0. The van der Waals surface area contributed by atoms with Gasteiger partial charge in [-0.2, -0.15) is 0 Å². The number of carbonyl (C=O) groups is 2. The molecule has 0 spiro atoms. The quantitative estimate of drug-likeness (QED) is 0.0303. The lowest BCUT2D eigenvalue weighted by molar-refractivity contribution is -0.152. The molecule has 0 unspecified atom stereocenters. The molecule has 0 amide bonds. The van der Waals surface area contributed by atoms with Crippen LogP contribution in [0.2, 0.25) is 0 Å². The van der Waals surface area contributed by atoms with Crippen molar-refractivity contribution >= 4 is 11.9 Å². The molecule has 7 heteroatoms. The van der Waals surface area contributed by atoms with E-state index in [9.17, 15) is 24.9 Å². The summed E-state index contributed by atoms with van der Waals surface area (Å²) in [6.45, 7) is 4.01. The van der Waals surface area contributed by atoms with Gasteiger partial charge in [0.15, 0.2) is 0 Å². The van der Waals surface area contributed by atoms with Crippen molar-refractivity contribution in [1.82, 2.24) is 0 Å². The van der Waals surface area contributed by atoms with Gasteiger partial charge in [-0.25, -0.2) is 0 Å².